The maximum absolute atomic E-state index is 11.9. The summed E-state index contributed by atoms with van der Waals surface area (Å²) >= 11 is 0. The second-order valence-electron chi connectivity index (χ2n) is 6.23. The average molecular weight is 346 g/mol. The number of ether oxygens (including phenoxy) is 1. The first-order valence-corrected chi connectivity index (χ1v) is 8.29. The van der Waals surface area contributed by atoms with Crippen molar-refractivity contribution in [3.8, 4) is 5.75 Å². The van der Waals surface area contributed by atoms with Crippen LogP contribution >= 0.6 is 0 Å². The summed E-state index contributed by atoms with van der Waals surface area (Å²) in [6.45, 7) is 1.40. The van der Waals surface area contributed by atoms with Gasteiger partial charge in [-0.3, -0.25) is 9.59 Å². The molecule has 25 heavy (non-hydrogen) atoms. The fourth-order valence-electron chi connectivity index (χ4n) is 3.08. The molecule has 8 nitrogen and oxygen atoms in total. The van der Waals surface area contributed by atoms with Gasteiger partial charge in [0.2, 0.25) is 11.8 Å². The first-order chi connectivity index (χ1) is 12.0. The zero-order chi connectivity index (χ0) is 17.8. The summed E-state index contributed by atoms with van der Waals surface area (Å²) in [6, 6.07) is 6.06. The number of hydrogen-bond donors (Lipinski definition) is 2. The highest BCUT2D eigenvalue weighted by Gasteiger charge is 2.25. The molecule has 0 aliphatic carbocycles. The van der Waals surface area contributed by atoms with Gasteiger partial charge in [-0.05, 0) is 30.9 Å². The van der Waals surface area contributed by atoms with Crippen molar-refractivity contribution in [2.75, 3.05) is 31.6 Å². The molecule has 0 radical (unpaired) electrons. The molecule has 1 aromatic carbocycles. The zero-order valence-corrected chi connectivity index (χ0v) is 14.2. The van der Waals surface area contributed by atoms with Crippen LogP contribution in [0.15, 0.2) is 22.6 Å². The number of aromatic nitrogens is 1. The third-order valence-corrected chi connectivity index (χ3v) is 4.31. The Morgan fingerprint density at radius 2 is 2.32 bits per heavy atom. The molecule has 1 saturated heterocycles. The van der Waals surface area contributed by atoms with Crippen LogP contribution in [0.2, 0.25) is 0 Å². The summed E-state index contributed by atoms with van der Waals surface area (Å²) < 4.78 is 11.0. The minimum Gasteiger partial charge on any atom is -0.497 e. The average Bonchev–Trinajstić information content (AvgIpc) is 3.03. The Balaban J connectivity index is 1.64. The summed E-state index contributed by atoms with van der Waals surface area (Å²) in [4.78, 5) is 29.2. The normalized spacial score (nSPS) is 17.5. The van der Waals surface area contributed by atoms with Crippen molar-refractivity contribution in [1.82, 2.24) is 10.3 Å². The van der Waals surface area contributed by atoms with E-state index in [4.69, 9.17) is 14.9 Å². The molecule has 1 atom stereocenters. The molecule has 2 heterocycles. The number of nitrogens with one attached hydrogen (secondary N) is 1. The summed E-state index contributed by atoms with van der Waals surface area (Å²) in [5, 5.41) is 2.53. The molecule has 1 aliphatic heterocycles. The number of primary amides is 1. The SMILES string of the molecule is COc1ccc2oc(N3CCCC(CC(=O)NCC(N)=O)C3)nc2c1. The number of piperidine rings is 1. The van der Waals surface area contributed by atoms with Crippen LogP contribution in [0.5, 0.6) is 5.75 Å². The maximum atomic E-state index is 11.9. The van der Waals surface area contributed by atoms with Crippen molar-refractivity contribution in [2.24, 2.45) is 11.7 Å². The first-order valence-electron chi connectivity index (χ1n) is 8.29. The molecular formula is C17H22N4O4. The highest BCUT2D eigenvalue weighted by molar-refractivity contribution is 5.83. The van der Waals surface area contributed by atoms with E-state index in [9.17, 15) is 9.59 Å². The topological polar surface area (TPSA) is 111 Å². The zero-order valence-electron chi connectivity index (χ0n) is 14.2. The van der Waals surface area contributed by atoms with E-state index in [1.807, 2.05) is 18.2 Å². The molecule has 0 spiro atoms. The van der Waals surface area contributed by atoms with Crippen molar-refractivity contribution in [3.05, 3.63) is 18.2 Å². The van der Waals surface area contributed by atoms with Gasteiger partial charge < -0.3 is 25.1 Å². The number of oxazole rings is 1. The second kappa shape index (κ2) is 7.42. The Morgan fingerprint density at radius 1 is 1.48 bits per heavy atom. The molecule has 3 N–H and O–H groups in total. The lowest BCUT2D eigenvalue weighted by Gasteiger charge is -2.31. The van der Waals surface area contributed by atoms with Crippen molar-refractivity contribution >= 4 is 28.9 Å². The summed E-state index contributed by atoms with van der Waals surface area (Å²) in [6.07, 6.45) is 2.27. The molecule has 3 rings (SSSR count). The van der Waals surface area contributed by atoms with Gasteiger partial charge in [0.1, 0.15) is 11.3 Å². The fraction of sp³-hybridized carbons (Fsp3) is 0.471. The third-order valence-electron chi connectivity index (χ3n) is 4.31. The van der Waals surface area contributed by atoms with Gasteiger partial charge >= 0.3 is 0 Å². The third kappa shape index (κ3) is 4.20. The monoisotopic (exact) mass is 346 g/mol. The van der Waals surface area contributed by atoms with E-state index in [2.05, 4.69) is 15.2 Å². The molecule has 134 valence electrons. The number of nitrogens with two attached hydrogens (primary N) is 1. The minimum absolute atomic E-state index is 0.123. The number of nitrogens with zero attached hydrogens (tertiary/aromatic N) is 2. The van der Waals surface area contributed by atoms with E-state index in [0.29, 0.717) is 24.6 Å². The Hall–Kier alpha value is -2.77. The highest BCUT2D eigenvalue weighted by Crippen LogP contribution is 2.29. The van der Waals surface area contributed by atoms with E-state index in [1.165, 1.54) is 0 Å². The Labute approximate surface area is 145 Å². The Kier molecular flexibility index (Phi) is 5.06. The van der Waals surface area contributed by atoms with Gasteiger partial charge in [-0.25, -0.2) is 0 Å². The number of fused-ring (bicyclic) bond motifs is 1. The number of carbonyl (C=O) groups is 2. The molecule has 1 fully saturated rings. The predicted octanol–water partition coefficient (Wildman–Crippen LogP) is 1.04. The highest BCUT2D eigenvalue weighted by atomic mass is 16.5. The van der Waals surface area contributed by atoms with Crippen molar-refractivity contribution in [2.45, 2.75) is 19.3 Å². The summed E-state index contributed by atoms with van der Waals surface area (Å²) in [5.74, 6) is 0.217. The van der Waals surface area contributed by atoms with E-state index < -0.39 is 5.91 Å². The second-order valence-corrected chi connectivity index (χ2v) is 6.23. The predicted molar refractivity (Wildman–Crippen MR) is 92.3 cm³/mol. The Bertz CT molecular complexity index is 773. The fourth-order valence-corrected chi connectivity index (χ4v) is 3.08. The van der Waals surface area contributed by atoms with Crippen LogP contribution in [-0.4, -0.2) is 43.5 Å². The standard InChI is InChI=1S/C17H22N4O4/c1-24-12-4-5-14-13(8-12)20-17(25-14)21-6-2-3-11(10-21)7-16(23)19-9-15(18)22/h4-5,8,11H,2-3,6-7,9-10H2,1H3,(H2,18,22)(H,19,23). The minimum atomic E-state index is -0.541. The molecule has 8 heteroatoms. The Morgan fingerprint density at radius 3 is 3.08 bits per heavy atom. The van der Waals surface area contributed by atoms with Crippen LogP contribution in [0.25, 0.3) is 11.1 Å². The molecule has 1 unspecified atom stereocenters. The number of anilines is 1. The number of methoxy groups -OCH3 is 1. The van der Waals surface area contributed by atoms with Crippen LogP contribution in [0.4, 0.5) is 6.01 Å². The first kappa shape index (κ1) is 17.1. The quantitative estimate of drug-likeness (QED) is 0.809. The van der Waals surface area contributed by atoms with E-state index in [0.717, 1.165) is 30.7 Å². The summed E-state index contributed by atoms with van der Waals surface area (Å²) in [7, 11) is 1.61. The van der Waals surface area contributed by atoms with Gasteiger partial charge in [-0.2, -0.15) is 4.98 Å². The van der Waals surface area contributed by atoms with E-state index >= 15 is 0 Å². The van der Waals surface area contributed by atoms with Crippen LogP contribution < -0.4 is 20.7 Å². The van der Waals surface area contributed by atoms with Gasteiger partial charge in [0.25, 0.3) is 6.01 Å². The molecule has 1 aromatic heterocycles. The lowest BCUT2D eigenvalue weighted by Crippen LogP contribution is -2.39. The lowest BCUT2D eigenvalue weighted by atomic mass is 9.94. The summed E-state index contributed by atoms with van der Waals surface area (Å²) in [5.41, 5.74) is 6.49. The van der Waals surface area contributed by atoms with Gasteiger partial charge in [0, 0.05) is 25.6 Å². The molecular weight excluding hydrogens is 324 g/mol. The van der Waals surface area contributed by atoms with Crippen LogP contribution in [-0.2, 0) is 9.59 Å². The van der Waals surface area contributed by atoms with Crippen LogP contribution in [0.1, 0.15) is 19.3 Å². The van der Waals surface area contributed by atoms with E-state index in [-0.39, 0.29) is 18.4 Å². The van der Waals surface area contributed by atoms with Gasteiger partial charge in [0.05, 0.1) is 13.7 Å². The maximum Gasteiger partial charge on any atom is 0.298 e. The lowest BCUT2D eigenvalue weighted by molar-refractivity contribution is -0.125. The molecule has 2 amide bonds. The van der Waals surface area contributed by atoms with E-state index in [1.54, 1.807) is 7.11 Å². The van der Waals surface area contributed by atoms with Crippen molar-refractivity contribution in [1.29, 1.82) is 0 Å². The number of amides is 2. The van der Waals surface area contributed by atoms with Gasteiger partial charge in [-0.15, -0.1) is 0 Å². The van der Waals surface area contributed by atoms with Crippen molar-refractivity contribution < 1.29 is 18.7 Å². The molecule has 0 bridgehead atoms. The van der Waals surface area contributed by atoms with Crippen LogP contribution in [0.3, 0.4) is 0 Å². The molecule has 1 aliphatic rings. The number of benzene rings is 1. The smallest absolute Gasteiger partial charge is 0.298 e. The largest absolute Gasteiger partial charge is 0.497 e. The molecule has 0 saturated carbocycles. The van der Waals surface area contributed by atoms with Crippen molar-refractivity contribution in [3.63, 3.8) is 0 Å². The number of rotatable bonds is 6. The van der Waals surface area contributed by atoms with Gasteiger partial charge in [-0.1, -0.05) is 0 Å². The molecule has 2 aromatic rings. The van der Waals surface area contributed by atoms with Gasteiger partial charge in [0.15, 0.2) is 5.58 Å². The number of carbonyl (C=O) groups excluding carboxylic acids is 2. The van der Waals surface area contributed by atoms with Crippen LogP contribution in [0, 0.1) is 5.92 Å². The number of hydrogen-bond acceptors (Lipinski definition) is 6.